The van der Waals surface area contributed by atoms with E-state index in [1.165, 1.54) is 11.3 Å². The van der Waals surface area contributed by atoms with Crippen molar-refractivity contribution in [3.8, 4) is 17.0 Å². The Kier molecular flexibility index (Phi) is 5.08. The van der Waals surface area contributed by atoms with Crippen molar-refractivity contribution >= 4 is 22.4 Å². The fraction of sp³-hybridized carbons (Fsp3) is 0.111. The third-order valence-corrected chi connectivity index (χ3v) is 4.16. The maximum Gasteiger partial charge on any atom is 0.195 e. The van der Waals surface area contributed by atoms with E-state index < -0.39 is 0 Å². The lowest BCUT2D eigenvalue weighted by atomic mass is 10.2. The third-order valence-electron chi connectivity index (χ3n) is 3.40. The van der Waals surface area contributed by atoms with E-state index >= 15 is 0 Å². The molecule has 2 aromatic carbocycles. The summed E-state index contributed by atoms with van der Waals surface area (Å²) in [4.78, 5) is 8.86. The topological polar surface area (TPSA) is 72.5 Å². The molecule has 3 N–H and O–H groups in total. The lowest BCUT2D eigenvalue weighted by molar-refractivity contribution is 0.415. The number of nitrogens with one attached hydrogen (secondary N) is 1. The summed E-state index contributed by atoms with van der Waals surface area (Å²) in [5, 5.41) is 5.73. The van der Waals surface area contributed by atoms with Crippen molar-refractivity contribution in [2.24, 2.45) is 10.7 Å². The molecule has 122 valence electrons. The van der Waals surface area contributed by atoms with Crippen molar-refractivity contribution < 1.29 is 4.74 Å². The van der Waals surface area contributed by atoms with Gasteiger partial charge >= 0.3 is 0 Å². The van der Waals surface area contributed by atoms with Gasteiger partial charge < -0.3 is 15.8 Å². The summed E-state index contributed by atoms with van der Waals surface area (Å²) in [7, 11) is 1.65. The van der Waals surface area contributed by atoms with E-state index in [0.29, 0.717) is 12.5 Å². The summed E-state index contributed by atoms with van der Waals surface area (Å²) >= 11 is 1.49. The second-order valence-electron chi connectivity index (χ2n) is 5.08. The average molecular weight is 338 g/mol. The van der Waals surface area contributed by atoms with Gasteiger partial charge in [-0.1, -0.05) is 30.3 Å². The van der Waals surface area contributed by atoms with E-state index in [4.69, 9.17) is 10.5 Å². The summed E-state index contributed by atoms with van der Waals surface area (Å²) in [6, 6.07) is 17.8. The molecule has 0 bridgehead atoms. The van der Waals surface area contributed by atoms with E-state index in [0.717, 1.165) is 27.7 Å². The zero-order valence-electron chi connectivity index (χ0n) is 13.3. The highest BCUT2D eigenvalue weighted by atomic mass is 32.1. The summed E-state index contributed by atoms with van der Waals surface area (Å²) in [6.07, 6.45) is 0. The zero-order chi connectivity index (χ0) is 16.8. The van der Waals surface area contributed by atoms with Crippen LogP contribution in [-0.4, -0.2) is 18.1 Å². The molecule has 1 aromatic heterocycles. The van der Waals surface area contributed by atoms with Gasteiger partial charge in [-0.05, 0) is 29.8 Å². The Morgan fingerprint density at radius 1 is 1.17 bits per heavy atom. The van der Waals surface area contributed by atoms with Crippen LogP contribution in [0.5, 0.6) is 5.75 Å². The Hall–Kier alpha value is -2.86. The standard InChI is InChI=1S/C18H18N4OS/c1-23-15-9-7-14(8-10-15)16-12-24-18(21-16)22-17(19)20-11-13-5-3-2-4-6-13/h2-10,12H,11H2,1H3,(H3,19,20,21,22). The molecule has 0 saturated heterocycles. The zero-order valence-corrected chi connectivity index (χ0v) is 14.1. The quantitative estimate of drug-likeness (QED) is 0.549. The molecule has 5 nitrogen and oxygen atoms in total. The maximum atomic E-state index is 5.93. The van der Waals surface area contributed by atoms with Gasteiger partial charge in [-0.3, -0.25) is 0 Å². The van der Waals surface area contributed by atoms with Gasteiger partial charge in [0.25, 0.3) is 0 Å². The lowest BCUT2D eigenvalue weighted by Gasteiger charge is -2.02. The number of methoxy groups -OCH3 is 1. The number of thiazole rings is 1. The minimum atomic E-state index is 0.356. The van der Waals surface area contributed by atoms with Crippen molar-refractivity contribution in [3.63, 3.8) is 0 Å². The lowest BCUT2D eigenvalue weighted by Crippen LogP contribution is -2.22. The molecule has 0 unspecified atom stereocenters. The van der Waals surface area contributed by atoms with Gasteiger partial charge in [-0.25, -0.2) is 9.98 Å². The van der Waals surface area contributed by atoms with E-state index in [1.807, 2.05) is 60.0 Å². The second-order valence-corrected chi connectivity index (χ2v) is 5.94. The van der Waals surface area contributed by atoms with Crippen molar-refractivity contribution in [1.29, 1.82) is 0 Å². The van der Waals surface area contributed by atoms with Gasteiger partial charge in [0.1, 0.15) is 5.75 Å². The molecule has 1 heterocycles. The van der Waals surface area contributed by atoms with Gasteiger partial charge in [0.15, 0.2) is 11.1 Å². The Balaban J connectivity index is 1.64. The smallest absolute Gasteiger partial charge is 0.195 e. The van der Waals surface area contributed by atoms with Gasteiger partial charge in [0.2, 0.25) is 0 Å². The number of rotatable bonds is 5. The highest BCUT2D eigenvalue weighted by Crippen LogP contribution is 2.26. The number of benzene rings is 2. The fourth-order valence-electron chi connectivity index (χ4n) is 2.13. The molecule has 0 aliphatic carbocycles. The first kappa shape index (κ1) is 16.0. The molecule has 0 saturated carbocycles. The molecule has 0 aliphatic heterocycles. The van der Waals surface area contributed by atoms with Gasteiger partial charge in [-0.15, -0.1) is 11.3 Å². The number of nitrogens with zero attached hydrogens (tertiary/aromatic N) is 2. The Labute approximate surface area is 144 Å². The SMILES string of the molecule is COc1ccc(-c2csc(NC(N)=NCc3ccccc3)n2)cc1. The summed E-state index contributed by atoms with van der Waals surface area (Å²) < 4.78 is 5.16. The molecule has 0 spiro atoms. The minimum Gasteiger partial charge on any atom is -0.497 e. The van der Waals surface area contributed by atoms with Crippen LogP contribution in [0, 0.1) is 0 Å². The number of ether oxygens (including phenoxy) is 1. The largest absolute Gasteiger partial charge is 0.497 e. The Bertz CT molecular complexity index is 813. The number of hydrogen-bond donors (Lipinski definition) is 2. The third kappa shape index (κ3) is 4.11. The highest BCUT2D eigenvalue weighted by molar-refractivity contribution is 7.14. The molecule has 24 heavy (non-hydrogen) atoms. The maximum absolute atomic E-state index is 5.93. The predicted octanol–water partition coefficient (Wildman–Crippen LogP) is 3.75. The van der Waals surface area contributed by atoms with Gasteiger partial charge in [0, 0.05) is 10.9 Å². The molecule has 3 rings (SSSR count). The van der Waals surface area contributed by atoms with Crippen LogP contribution in [0.2, 0.25) is 0 Å². The summed E-state index contributed by atoms with van der Waals surface area (Å²) in [5.74, 6) is 1.18. The average Bonchev–Trinajstić information content (AvgIpc) is 3.09. The van der Waals surface area contributed by atoms with Crippen LogP contribution in [0.1, 0.15) is 5.56 Å². The minimum absolute atomic E-state index is 0.356. The van der Waals surface area contributed by atoms with Crippen LogP contribution in [0.4, 0.5) is 5.13 Å². The molecule has 0 atom stereocenters. The number of anilines is 1. The van der Waals surface area contributed by atoms with Crippen LogP contribution in [0.15, 0.2) is 65.0 Å². The van der Waals surface area contributed by atoms with Crippen molar-refractivity contribution in [1.82, 2.24) is 4.98 Å². The van der Waals surface area contributed by atoms with Crippen LogP contribution in [0.25, 0.3) is 11.3 Å². The molecular formula is C18H18N4OS. The first-order valence-corrected chi connectivity index (χ1v) is 8.33. The fourth-order valence-corrected chi connectivity index (χ4v) is 2.86. The first-order valence-electron chi connectivity index (χ1n) is 7.45. The van der Waals surface area contributed by atoms with Crippen LogP contribution in [0.3, 0.4) is 0 Å². The van der Waals surface area contributed by atoms with Crippen LogP contribution in [-0.2, 0) is 6.54 Å². The molecule has 3 aromatic rings. The monoisotopic (exact) mass is 338 g/mol. The number of aromatic nitrogens is 1. The van der Waals surface area contributed by atoms with Crippen molar-refractivity contribution in [2.45, 2.75) is 6.54 Å². The molecular weight excluding hydrogens is 320 g/mol. The molecule has 6 heteroatoms. The number of aliphatic imine (C=N–C) groups is 1. The van der Waals surface area contributed by atoms with E-state index in [9.17, 15) is 0 Å². The Morgan fingerprint density at radius 2 is 1.92 bits per heavy atom. The summed E-state index contributed by atoms with van der Waals surface area (Å²) in [5.41, 5.74) is 8.96. The molecule has 0 aliphatic rings. The molecule has 0 amide bonds. The molecule has 0 fully saturated rings. The second kappa shape index (κ2) is 7.61. The number of guanidine groups is 1. The van der Waals surface area contributed by atoms with E-state index in [-0.39, 0.29) is 0 Å². The summed E-state index contributed by atoms with van der Waals surface area (Å²) in [6.45, 7) is 0.538. The van der Waals surface area contributed by atoms with Crippen LogP contribution >= 0.6 is 11.3 Å². The normalized spacial score (nSPS) is 11.3. The van der Waals surface area contributed by atoms with Gasteiger partial charge in [-0.2, -0.15) is 0 Å². The Morgan fingerprint density at radius 3 is 2.62 bits per heavy atom. The first-order chi connectivity index (χ1) is 11.7. The number of hydrogen-bond acceptors (Lipinski definition) is 4. The van der Waals surface area contributed by atoms with E-state index in [1.54, 1.807) is 7.11 Å². The highest BCUT2D eigenvalue weighted by Gasteiger charge is 2.05. The van der Waals surface area contributed by atoms with Crippen molar-refractivity contribution in [3.05, 3.63) is 65.5 Å². The molecule has 0 radical (unpaired) electrons. The van der Waals surface area contributed by atoms with E-state index in [2.05, 4.69) is 15.3 Å². The number of nitrogens with two attached hydrogens (primary N) is 1. The van der Waals surface area contributed by atoms with Gasteiger partial charge in [0.05, 0.1) is 19.3 Å². The van der Waals surface area contributed by atoms with Crippen LogP contribution < -0.4 is 15.8 Å². The van der Waals surface area contributed by atoms with Crippen molar-refractivity contribution in [2.75, 3.05) is 12.4 Å². The predicted molar refractivity (Wildman–Crippen MR) is 99.5 cm³/mol.